The number of nitrogens with one attached hydrogen (secondary N) is 2. The fraction of sp³-hybridized carbons (Fsp3) is 0.286. The molecule has 0 bridgehead atoms. The minimum absolute atomic E-state index is 0.303. The van der Waals surface area contributed by atoms with E-state index in [0.717, 1.165) is 5.75 Å². The standard InChI is InChI=1S/C14H17N3O3/c1-9(16-14(19)12-7-8-15-17-12)13(18)10-3-5-11(20-2)6-4-10/h3-9,13,18H,1-2H3,(H,15,17)(H,16,19). The maximum atomic E-state index is 11.8. The van der Waals surface area contributed by atoms with Gasteiger partial charge in [0.15, 0.2) is 0 Å². The fourth-order valence-corrected chi connectivity index (χ4v) is 1.84. The third-order valence-corrected chi connectivity index (χ3v) is 3.04. The number of aromatic nitrogens is 2. The maximum Gasteiger partial charge on any atom is 0.269 e. The van der Waals surface area contributed by atoms with Crippen LogP contribution in [0.25, 0.3) is 0 Å². The number of aliphatic hydroxyl groups excluding tert-OH is 1. The predicted molar refractivity (Wildman–Crippen MR) is 73.5 cm³/mol. The third kappa shape index (κ3) is 3.16. The topological polar surface area (TPSA) is 87.2 Å². The molecule has 0 aliphatic carbocycles. The largest absolute Gasteiger partial charge is 0.497 e. The van der Waals surface area contributed by atoms with Crippen LogP contribution < -0.4 is 10.1 Å². The molecular formula is C14H17N3O3. The van der Waals surface area contributed by atoms with Crippen molar-refractivity contribution in [3.63, 3.8) is 0 Å². The van der Waals surface area contributed by atoms with Crippen molar-refractivity contribution in [2.75, 3.05) is 7.11 Å². The minimum Gasteiger partial charge on any atom is -0.497 e. The van der Waals surface area contributed by atoms with Gasteiger partial charge < -0.3 is 15.2 Å². The van der Waals surface area contributed by atoms with Gasteiger partial charge in [0.25, 0.3) is 5.91 Å². The number of carbonyl (C=O) groups excluding carboxylic acids is 1. The molecule has 1 heterocycles. The molecule has 0 aliphatic heterocycles. The zero-order valence-electron chi connectivity index (χ0n) is 11.3. The van der Waals surface area contributed by atoms with E-state index in [-0.39, 0.29) is 5.91 Å². The Hall–Kier alpha value is -2.34. The van der Waals surface area contributed by atoms with Gasteiger partial charge in [0.2, 0.25) is 0 Å². The number of methoxy groups -OCH3 is 1. The van der Waals surface area contributed by atoms with E-state index in [9.17, 15) is 9.90 Å². The van der Waals surface area contributed by atoms with Crippen LogP contribution in [0, 0.1) is 0 Å². The summed E-state index contributed by atoms with van der Waals surface area (Å²) in [5.74, 6) is 0.415. The molecule has 0 fully saturated rings. The summed E-state index contributed by atoms with van der Waals surface area (Å²) >= 11 is 0. The lowest BCUT2D eigenvalue weighted by Crippen LogP contribution is -2.37. The van der Waals surface area contributed by atoms with Gasteiger partial charge in [0.1, 0.15) is 11.4 Å². The van der Waals surface area contributed by atoms with Crippen molar-refractivity contribution in [3.8, 4) is 5.75 Å². The highest BCUT2D eigenvalue weighted by molar-refractivity contribution is 5.92. The number of hydrogen-bond acceptors (Lipinski definition) is 4. The molecule has 1 aromatic heterocycles. The molecule has 106 valence electrons. The average molecular weight is 275 g/mol. The van der Waals surface area contributed by atoms with Gasteiger partial charge in [0.05, 0.1) is 19.3 Å². The SMILES string of the molecule is COc1ccc(C(O)C(C)NC(=O)c2ccn[nH]2)cc1. The zero-order valence-corrected chi connectivity index (χ0v) is 11.3. The van der Waals surface area contributed by atoms with Gasteiger partial charge in [-0.2, -0.15) is 5.10 Å². The van der Waals surface area contributed by atoms with Crippen LogP contribution in [0.2, 0.25) is 0 Å². The predicted octanol–water partition coefficient (Wildman–Crippen LogP) is 1.27. The van der Waals surface area contributed by atoms with Crippen molar-refractivity contribution in [1.29, 1.82) is 0 Å². The van der Waals surface area contributed by atoms with Crippen molar-refractivity contribution in [3.05, 3.63) is 47.8 Å². The molecule has 0 radical (unpaired) electrons. The zero-order chi connectivity index (χ0) is 14.5. The van der Waals surface area contributed by atoms with Gasteiger partial charge in [-0.3, -0.25) is 9.89 Å². The highest BCUT2D eigenvalue weighted by Gasteiger charge is 2.19. The molecule has 0 aliphatic rings. The molecule has 0 spiro atoms. The average Bonchev–Trinajstić information content (AvgIpc) is 3.01. The van der Waals surface area contributed by atoms with Crippen LogP contribution in [0.15, 0.2) is 36.5 Å². The van der Waals surface area contributed by atoms with E-state index in [0.29, 0.717) is 11.3 Å². The van der Waals surface area contributed by atoms with Gasteiger partial charge in [-0.1, -0.05) is 12.1 Å². The number of nitrogens with zero attached hydrogens (tertiary/aromatic N) is 1. The Morgan fingerprint density at radius 2 is 2.05 bits per heavy atom. The monoisotopic (exact) mass is 275 g/mol. The number of hydrogen-bond donors (Lipinski definition) is 3. The summed E-state index contributed by atoms with van der Waals surface area (Å²) in [4.78, 5) is 11.8. The van der Waals surface area contributed by atoms with Gasteiger partial charge in [-0.15, -0.1) is 0 Å². The first-order valence-corrected chi connectivity index (χ1v) is 6.24. The summed E-state index contributed by atoms with van der Waals surface area (Å²) in [5, 5.41) is 19.2. The lowest BCUT2D eigenvalue weighted by atomic mass is 10.0. The van der Waals surface area contributed by atoms with Crippen molar-refractivity contribution in [2.45, 2.75) is 19.1 Å². The molecule has 2 aromatic rings. The Morgan fingerprint density at radius 1 is 1.35 bits per heavy atom. The number of aliphatic hydroxyl groups is 1. The Balaban J connectivity index is 2.00. The van der Waals surface area contributed by atoms with Crippen LogP contribution in [-0.4, -0.2) is 34.4 Å². The highest BCUT2D eigenvalue weighted by Crippen LogP contribution is 2.20. The van der Waals surface area contributed by atoms with E-state index in [1.807, 2.05) is 0 Å². The van der Waals surface area contributed by atoms with Crippen molar-refractivity contribution >= 4 is 5.91 Å². The number of carbonyl (C=O) groups is 1. The van der Waals surface area contributed by atoms with E-state index < -0.39 is 12.1 Å². The van der Waals surface area contributed by atoms with Crippen molar-refractivity contribution < 1.29 is 14.6 Å². The maximum absolute atomic E-state index is 11.8. The third-order valence-electron chi connectivity index (χ3n) is 3.04. The van der Waals surface area contributed by atoms with Gasteiger partial charge >= 0.3 is 0 Å². The summed E-state index contributed by atoms with van der Waals surface area (Å²) in [5.41, 5.74) is 1.07. The van der Waals surface area contributed by atoms with E-state index in [1.54, 1.807) is 44.4 Å². The number of rotatable bonds is 5. The van der Waals surface area contributed by atoms with Gasteiger partial charge in [-0.25, -0.2) is 0 Å². The summed E-state index contributed by atoms with van der Waals surface area (Å²) in [6, 6.07) is 8.20. The quantitative estimate of drug-likeness (QED) is 0.767. The number of amides is 1. The number of ether oxygens (including phenoxy) is 1. The van der Waals surface area contributed by atoms with Gasteiger partial charge in [0, 0.05) is 6.20 Å². The first-order valence-electron chi connectivity index (χ1n) is 6.24. The molecule has 0 saturated heterocycles. The van der Waals surface area contributed by atoms with Crippen LogP contribution in [-0.2, 0) is 0 Å². The second-order valence-electron chi connectivity index (χ2n) is 4.45. The number of benzene rings is 1. The summed E-state index contributed by atoms with van der Waals surface area (Å²) in [6.07, 6.45) is 0.701. The smallest absolute Gasteiger partial charge is 0.269 e. The summed E-state index contributed by atoms with van der Waals surface area (Å²) < 4.78 is 5.06. The Bertz CT molecular complexity index is 552. The van der Waals surface area contributed by atoms with Crippen LogP contribution in [0.5, 0.6) is 5.75 Å². The van der Waals surface area contributed by atoms with Crippen LogP contribution in [0.3, 0.4) is 0 Å². The van der Waals surface area contributed by atoms with Crippen LogP contribution in [0.4, 0.5) is 0 Å². The Labute approximate surface area is 116 Å². The van der Waals surface area contributed by atoms with Crippen molar-refractivity contribution in [2.24, 2.45) is 0 Å². The number of aromatic amines is 1. The molecular weight excluding hydrogens is 258 g/mol. The first kappa shape index (κ1) is 14.1. The normalized spacial score (nSPS) is 13.6. The lowest BCUT2D eigenvalue weighted by Gasteiger charge is -2.20. The van der Waals surface area contributed by atoms with Gasteiger partial charge in [-0.05, 0) is 30.7 Å². The second kappa shape index (κ2) is 6.21. The highest BCUT2D eigenvalue weighted by atomic mass is 16.5. The van der Waals surface area contributed by atoms with E-state index in [2.05, 4.69) is 15.5 Å². The van der Waals surface area contributed by atoms with Crippen molar-refractivity contribution in [1.82, 2.24) is 15.5 Å². The molecule has 1 amide bonds. The fourth-order valence-electron chi connectivity index (χ4n) is 1.84. The van der Waals surface area contributed by atoms with Crippen LogP contribution in [0.1, 0.15) is 29.1 Å². The molecule has 6 nitrogen and oxygen atoms in total. The molecule has 20 heavy (non-hydrogen) atoms. The molecule has 3 N–H and O–H groups in total. The number of H-pyrrole nitrogens is 1. The van der Waals surface area contributed by atoms with E-state index in [4.69, 9.17) is 4.74 Å². The lowest BCUT2D eigenvalue weighted by molar-refractivity contribution is 0.0847. The van der Waals surface area contributed by atoms with E-state index >= 15 is 0 Å². The molecule has 2 rings (SSSR count). The molecule has 2 unspecified atom stereocenters. The Kier molecular flexibility index (Phi) is 4.37. The molecule has 2 atom stereocenters. The summed E-state index contributed by atoms with van der Waals surface area (Å²) in [6.45, 7) is 1.74. The van der Waals surface area contributed by atoms with E-state index in [1.165, 1.54) is 6.20 Å². The first-order chi connectivity index (χ1) is 9.61. The summed E-state index contributed by atoms with van der Waals surface area (Å²) in [7, 11) is 1.58. The molecule has 6 heteroatoms. The molecule has 0 saturated carbocycles. The molecule has 1 aromatic carbocycles. The van der Waals surface area contributed by atoms with Crippen LogP contribution >= 0.6 is 0 Å². The Morgan fingerprint density at radius 3 is 2.60 bits per heavy atom. The minimum atomic E-state index is -0.798. The second-order valence-corrected chi connectivity index (χ2v) is 4.45.